The second kappa shape index (κ2) is 5.55. The highest BCUT2D eigenvalue weighted by molar-refractivity contribution is 5.80. The summed E-state index contributed by atoms with van der Waals surface area (Å²) in [4.78, 5) is 0. The van der Waals surface area contributed by atoms with E-state index in [4.69, 9.17) is 21.1 Å². The number of hydrogen-bond acceptors (Lipinski definition) is 4. The molecule has 1 aromatic carbocycles. The van der Waals surface area contributed by atoms with Crippen molar-refractivity contribution in [3.8, 4) is 23.8 Å². The van der Waals surface area contributed by atoms with Crippen molar-refractivity contribution in [2.75, 3.05) is 13.7 Å². The predicted molar refractivity (Wildman–Crippen MR) is 56.7 cm³/mol. The van der Waals surface area contributed by atoms with E-state index in [9.17, 15) is 0 Å². The summed E-state index contributed by atoms with van der Waals surface area (Å²) in [5, 5.41) is 11.3. The van der Waals surface area contributed by atoms with Crippen LogP contribution in [0.2, 0.25) is 0 Å². The molecule has 0 aliphatic rings. The Morgan fingerprint density at radius 1 is 1.53 bits per heavy atom. The number of hydrogen-bond donors (Lipinski definition) is 1. The SMILES string of the molecule is C#CCOc1ccc(/C=N\O)cc1OC. The fraction of sp³-hybridized carbons (Fsp3) is 0.182. The summed E-state index contributed by atoms with van der Waals surface area (Å²) in [5.41, 5.74) is 0.711. The Morgan fingerprint density at radius 3 is 2.93 bits per heavy atom. The normalized spacial score (nSPS) is 9.87. The van der Waals surface area contributed by atoms with Gasteiger partial charge in [-0.1, -0.05) is 11.1 Å². The Kier molecular flexibility index (Phi) is 4.05. The van der Waals surface area contributed by atoms with E-state index in [2.05, 4.69) is 11.1 Å². The van der Waals surface area contributed by atoms with Gasteiger partial charge in [-0.25, -0.2) is 0 Å². The summed E-state index contributed by atoms with van der Waals surface area (Å²) < 4.78 is 10.3. The van der Waals surface area contributed by atoms with Gasteiger partial charge in [-0.2, -0.15) is 0 Å². The molecule has 0 heterocycles. The van der Waals surface area contributed by atoms with Crippen molar-refractivity contribution in [1.82, 2.24) is 0 Å². The predicted octanol–water partition coefficient (Wildman–Crippen LogP) is 1.52. The lowest BCUT2D eigenvalue weighted by molar-refractivity contribution is 0.321. The summed E-state index contributed by atoms with van der Waals surface area (Å²) in [7, 11) is 1.53. The van der Waals surface area contributed by atoms with Gasteiger partial charge in [0, 0.05) is 5.56 Å². The Balaban J connectivity index is 2.94. The molecule has 0 fully saturated rings. The molecule has 1 aromatic rings. The van der Waals surface area contributed by atoms with Crippen LogP contribution >= 0.6 is 0 Å². The van der Waals surface area contributed by atoms with E-state index >= 15 is 0 Å². The molecule has 0 aromatic heterocycles. The minimum Gasteiger partial charge on any atom is -0.493 e. The van der Waals surface area contributed by atoms with E-state index in [1.54, 1.807) is 18.2 Å². The van der Waals surface area contributed by atoms with E-state index in [0.29, 0.717) is 17.1 Å². The minimum absolute atomic E-state index is 0.184. The molecule has 0 saturated heterocycles. The van der Waals surface area contributed by atoms with Crippen LogP contribution in [0, 0.1) is 12.3 Å². The molecule has 0 bridgehead atoms. The topological polar surface area (TPSA) is 51.0 Å². The lowest BCUT2D eigenvalue weighted by Crippen LogP contribution is -1.97. The molecule has 0 saturated carbocycles. The molecule has 0 aliphatic heterocycles. The van der Waals surface area contributed by atoms with Crippen LogP contribution in [0.5, 0.6) is 11.5 Å². The van der Waals surface area contributed by atoms with Crippen LogP contribution in [0.15, 0.2) is 23.4 Å². The number of nitrogens with zero attached hydrogens (tertiary/aromatic N) is 1. The van der Waals surface area contributed by atoms with Crippen molar-refractivity contribution in [3.63, 3.8) is 0 Å². The van der Waals surface area contributed by atoms with Gasteiger partial charge in [0.15, 0.2) is 11.5 Å². The lowest BCUT2D eigenvalue weighted by atomic mass is 10.2. The Hall–Kier alpha value is -2.15. The summed E-state index contributed by atoms with van der Waals surface area (Å²) in [6.45, 7) is 0.184. The highest BCUT2D eigenvalue weighted by Gasteiger charge is 2.04. The molecule has 0 spiro atoms. The molecule has 0 unspecified atom stereocenters. The van der Waals surface area contributed by atoms with Crippen LogP contribution in [0.1, 0.15) is 5.56 Å². The smallest absolute Gasteiger partial charge is 0.162 e. The van der Waals surface area contributed by atoms with E-state index in [1.807, 2.05) is 0 Å². The number of benzene rings is 1. The molecule has 1 rings (SSSR count). The van der Waals surface area contributed by atoms with Crippen molar-refractivity contribution >= 4 is 6.21 Å². The summed E-state index contributed by atoms with van der Waals surface area (Å²) in [5.74, 6) is 3.47. The molecule has 1 N–H and O–H groups in total. The molecule has 0 amide bonds. The van der Waals surface area contributed by atoms with Crippen molar-refractivity contribution in [3.05, 3.63) is 23.8 Å². The van der Waals surface area contributed by atoms with Gasteiger partial charge >= 0.3 is 0 Å². The van der Waals surface area contributed by atoms with Crippen molar-refractivity contribution in [2.24, 2.45) is 5.16 Å². The zero-order valence-corrected chi connectivity index (χ0v) is 8.30. The van der Waals surface area contributed by atoms with Crippen molar-refractivity contribution in [1.29, 1.82) is 0 Å². The molecule has 4 heteroatoms. The first-order valence-electron chi connectivity index (χ1n) is 4.23. The van der Waals surface area contributed by atoms with Crippen LogP contribution in [0.25, 0.3) is 0 Å². The van der Waals surface area contributed by atoms with Crippen LogP contribution in [-0.2, 0) is 0 Å². The number of oxime groups is 1. The zero-order chi connectivity index (χ0) is 11.1. The molecule has 78 valence electrons. The van der Waals surface area contributed by atoms with Gasteiger partial charge in [0.2, 0.25) is 0 Å². The van der Waals surface area contributed by atoms with Crippen LogP contribution < -0.4 is 9.47 Å². The molecule has 0 radical (unpaired) electrons. The standard InChI is InChI=1S/C11H11NO3/c1-3-6-15-10-5-4-9(8-12-13)7-11(10)14-2/h1,4-5,7-8,13H,6H2,2H3/b12-8-. The van der Waals surface area contributed by atoms with Gasteiger partial charge in [0.05, 0.1) is 13.3 Å². The number of rotatable bonds is 4. The van der Waals surface area contributed by atoms with E-state index < -0.39 is 0 Å². The largest absolute Gasteiger partial charge is 0.493 e. The Morgan fingerprint density at radius 2 is 2.33 bits per heavy atom. The Labute approximate surface area is 88.1 Å². The summed E-state index contributed by atoms with van der Waals surface area (Å²) in [6.07, 6.45) is 6.37. The highest BCUT2D eigenvalue weighted by Crippen LogP contribution is 2.27. The Bertz CT molecular complexity index is 393. The number of terminal acetylenes is 1. The quantitative estimate of drug-likeness (QED) is 0.351. The molecular weight excluding hydrogens is 194 g/mol. The van der Waals surface area contributed by atoms with Gasteiger partial charge < -0.3 is 14.7 Å². The fourth-order valence-corrected chi connectivity index (χ4v) is 1.07. The third-order valence-electron chi connectivity index (χ3n) is 1.71. The summed E-state index contributed by atoms with van der Waals surface area (Å²) >= 11 is 0. The van der Waals surface area contributed by atoms with Crippen molar-refractivity contribution < 1.29 is 14.7 Å². The monoisotopic (exact) mass is 205 g/mol. The highest BCUT2D eigenvalue weighted by atomic mass is 16.5. The van der Waals surface area contributed by atoms with Gasteiger partial charge in [-0.15, -0.1) is 6.42 Å². The molecule has 0 aliphatic carbocycles. The summed E-state index contributed by atoms with van der Waals surface area (Å²) in [6, 6.07) is 5.12. The second-order valence-electron chi connectivity index (χ2n) is 2.65. The third kappa shape index (κ3) is 2.92. The average Bonchev–Trinajstić information content (AvgIpc) is 2.27. The molecule has 4 nitrogen and oxygen atoms in total. The number of ether oxygens (including phenoxy) is 2. The van der Waals surface area contributed by atoms with Crippen LogP contribution in [0.4, 0.5) is 0 Å². The zero-order valence-electron chi connectivity index (χ0n) is 8.30. The van der Waals surface area contributed by atoms with Crippen molar-refractivity contribution in [2.45, 2.75) is 0 Å². The molecular formula is C11H11NO3. The first kappa shape index (κ1) is 10.9. The van der Waals surface area contributed by atoms with E-state index in [-0.39, 0.29) is 6.61 Å². The molecule has 15 heavy (non-hydrogen) atoms. The number of methoxy groups -OCH3 is 1. The van der Waals surface area contributed by atoms with Gasteiger partial charge in [-0.05, 0) is 18.2 Å². The minimum atomic E-state index is 0.184. The average molecular weight is 205 g/mol. The second-order valence-corrected chi connectivity index (χ2v) is 2.65. The van der Waals surface area contributed by atoms with Gasteiger partial charge in [-0.3, -0.25) is 0 Å². The van der Waals surface area contributed by atoms with E-state index in [1.165, 1.54) is 13.3 Å². The maximum Gasteiger partial charge on any atom is 0.162 e. The third-order valence-corrected chi connectivity index (χ3v) is 1.71. The maximum absolute atomic E-state index is 8.36. The van der Waals surface area contributed by atoms with Crippen LogP contribution in [-0.4, -0.2) is 25.1 Å². The first-order chi connectivity index (χ1) is 7.31. The fourth-order valence-electron chi connectivity index (χ4n) is 1.07. The lowest BCUT2D eigenvalue weighted by Gasteiger charge is -2.08. The van der Waals surface area contributed by atoms with Crippen LogP contribution in [0.3, 0.4) is 0 Å². The first-order valence-corrected chi connectivity index (χ1v) is 4.23. The van der Waals surface area contributed by atoms with E-state index in [0.717, 1.165) is 0 Å². The maximum atomic E-state index is 8.36. The van der Waals surface area contributed by atoms with Gasteiger partial charge in [0.25, 0.3) is 0 Å². The molecule has 0 atom stereocenters. The van der Waals surface area contributed by atoms with Gasteiger partial charge in [0.1, 0.15) is 6.61 Å².